The van der Waals surface area contributed by atoms with E-state index >= 15 is 0 Å². The van der Waals surface area contributed by atoms with E-state index < -0.39 is 23.7 Å². The minimum atomic E-state index is -0.942. The predicted molar refractivity (Wildman–Crippen MR) is 127 cm³/mol. The summed E-state index contributed by atoms with van der Waals surface area (Å²) in [6.07, 6.45) is 0. The van der Waals surface area contributed by atoms with Crippen LogP contribution in [0.5, 0.6) is 5.75 Å². The summed E-state index contributed by atoms with van der Waals surface area (Å²) in [6, 6.07) is 12.9. The van der Waals surface area contributed by atoms with Crippen LogP contribution in [0.25, 0.3) is 5.76 Å². The SMILES string of the molecule is COC(=O)c1sc(N2C(=O)C(=O)/C(=C(/O)c3cccc(OC)c3)[C@H]2c2ccc(C)cc2)nc1C. The lowest BCUT2D eigenvalue weighted by atomic mass is 9.95. The number of nitrogens with zero attached hydrogens (tertiary/aromatic N) is 2. The van der Waals surface area contributed by atoms with Gasteiger partial charge < -0.3 is 14.6 Å². The lowest BCUT2D eigenvalue weighted by Crippen LogP contribution is -2.29. The van der Waals surface area contributed by atoms with Gasteiger partial charge in [0.25, 0.3) is 5.78 Å². The molecule has 0 saturated carbocycles. The van der Waals surface area contributed by atoms with Crippen molar-refractivity contribution in [1.29, 1.82) is 0 Å². The summed E-state index contributed by atoms with van der Waals surface area (Å²) in [4.78, 5) is 44.4. The number of hydrogen-bond acceptors (Lipinski definition) is 8. The highest BCUT2D eigenvalue weighted by molar-refractivity contribution is 7.17. The van der Waals surface area contributed by atoms with Crippen molar-refractivity contribution < 1.29 is 29.0 Å². The van der Waals surface area contributed by atoms with Gasteiger partial charge in [0, 0.05) is 5.56 Å². The number of rotatable bonds is 5. The van der Waals surface area contributed by atoms with E-state index in [1.807, 2.05) is 19.1 Å². The monoisotopic (exact) mass is 478 g/mol. The Morgan fingerprint density at radius 1 is 1.09 bits per heavy atom. The Hall–Kier alpha value is -3.98. The van der Waals surface area contributed by atoms with Crippen LogP contribution < -0.4 is 9.64 Å². The van der Waals surface area contributed by atoms with Gasteiger partial charge in [-0.2, -0.15) is 0 Å². The molecule has 1 aliphatic rings. The van der Waals surface area contributed by atoms with Gasteiger partial charge in [-0.05, 0) is 31.5 Å². The molecule has 174 valence electrons. The Bertz CT molecular complexity index is 1330. The number of carbonyl (C=O) groups is 3. The molecule has 1 saturated heterocycles. The molecule has 1 fully saturated rings. The van der Waals surface area contributed by atoms with Crippen molar-refractivity contribution in [3.63, 3.8) is 0 Å². The Balaban J connectivity index is 1.93. The fourth-order valence-corrected chi connectivity index (χ4v) is 4.80. The van der Waals surface area contributed by atoms with Crippen LogP contribution in [0, 0.1) is 13.8 Å². The van der Waals surface area contributed by atoms with E-state index in [0.29, 0.717) is 22.6 Å². The van der Waals surface area contributed by atoms with Crippen molar-refractivity contribution in [2.24, 2.45) is 0 Å². The normalized spacial score (nSPS) is 17.2. The predicted octanol–water partition coefficient (Wildman–Crippen LogP) is 4.18. The summed E-state index contributed by atoms with van der Waals surface area (Å²) in [7, 11) is 2.75. The smallest absolute Gasteiger partial charge is 0.350 e. The lowest BCUT2D eigenvalue weighted by Gasteiger charge is -2.23. The first-order valence-corrected chi connectivity index (χ1v) is 11.2. The molecule has 0 unspecified atom stereocenters. The van der Waals surface area contributed by atoms with Gasteiger partial charge in [0.15, 0.2) is 5.13 Å². The van der Waals surface area contributed by atoms with Crippen molar-refractivity contribution >= 4 is 39.9 Å². The fourth-order valence-electron chi connectivity index (χ4n) is 3.79. The number of esters is 1. The molecule has 4 rings (SSSR count). The van der Waals surface area contributed by atoms with Crippen molar-refractivity contribution in [3.05, 3.63) is 81.4 Å². The Morgan fingerprint density at radius 2 is 1.79 bits per heavy atom. The van der Waals surface area contributed by atoms with Crippen LogP contribution in [0.1, 0.15) is 38.1 Å². The molecule has 1 atom stereocenters. The standard InChI is InChI=1S/C25H22N2O6S/c1-13-8-10-15(11-9-13)19-18(20(28)16-6-5-7-17(12-16)32-3)21(29)23(30)27(19)25-26-14(2)22(34-25)24(31)33-4/h5-12,19,28H,1-4H3/b20-18+/t19-/m1/s1. The molecule has 8 nitrogen and oxygen atoms in total. The first kappa shape index (κ1) is 23.2. The number of aliphatic hydroxyl groups is 1. The number of aliphatic hydroxyl groups excluding tert-OH is 1. The van der Waals surface area contributed by atoms with Crippen molar-refractivity contribution in [3.8, 4) is 5.75 Å². The molecule has 2 heterocycles. The van der Waals surface area contributed by atoms with Gasteiger partial charge >= 0.3 is 11.9 Å². The molecule has 1 aliphatic heterocycles. The first-order chi connectivity index (χ1) is 16.3. The van der Waals surface area contributed by atoms with Gasteiger partial charge in [-0.1, -0.05) is 53.3 Å². The molecule has 3 aromatic rings. The number of amides is 1. The highest BCUT2D eigenvalue weighted by atomic mass is 32.1. The van der Waals surface area contributed by atoms with E-state index in [-0.39, 0.29) is 21.3 Å². The van der Waals surface area contributed by atoms with E-state index in [1.54, 1.807) is 43.3 Å². The number of aromatic nitrogens is 1. The first-order valence-electron chi connectivity index (χ1n) is 10.3. The summed E-state index contributed by atoms with van der Waals surface area (Å²) in [5.74, 6) is -2.12. The van der Waals surface area contributed by atoms with Gasteiger partial charge in [0.2, 0.25) is 0 Å². The van der Waals surface area contributed by atoms with Gasteiger partial charge in [-0.15, -0.1) is 0 Å². The van der Waals surface area contributed by atoms with Crippen LogP contribution in [0.3, 0.4) is 0 Å². The summed E-state index contributed by atoms with van der Waals surface area (Å²) < 4.78 is 10.0. The maximum Gasteiger partial charge on any atom is 0.350 e. The molecule has 1 N–H and O–H groups in total. The minimum Gasteiger partial charge on any atom is -0.507 e. The third-order valence-corrected chi connectivity index (χ3v) is 6.68. The van der Waals surface area contributed by atoms with E-state index in [4.69, 9.17) is 9.47 Å². The highest BCUT2D eigenvalue weighted by Gasteiger charge is 2.48. The summed E-state index contributed by atoms with van der Waals surface area (Å²) in [5.41, 5.74) is 2.24. The maximum atomic E-state index is 13.2. The second-order valence-corrected chi connectivity index (χ2v) is 8.69. The summed E-state index contributed by atoms with van der Waals surface area (Å²) in [5, 5.41) is 11.4. The average molecular weight is 479 g/mol. The molecule has 0 bridgehead atoms. The number of thiazole rings is 1. The number of Topliss-reactive ketones (excluding diaryl/α,β-unsaturated/α-hetero) is 1. The number of ketones is 1. The second kappa shape index (κ2) is 9.11. The van der Waals surface area contributed by atoms with E-state index in [0.717, 1.165) is 16.9 Å². The van der Waals surface area contributed by atoms with Gasteiger partial charge in [0.1, 0.15) is 16.4 Å². The van der Waals surface area contributed by atoms with Gasteiger partial charge in [-0.3, -0.25) is 14.5 Å². The van der Waals surface area contributed by atoms with E-state index in [1.165, 1.54) is 19.1 Å². The molecule has 9 heteroatoms. The lowest BCUT2D eigenvalue weighted by molar-refractivity contribution is -0.132. The Labute approximate surface area is 200 Å². The molecule has 1 aromatic heterocycles. The number of aryl methyl sites for hydroxylation is 2. The molecule has 0 spiro atoms. The quantitative estimate of drug-likeness (QED) is 0.254. The topological polar surface area (TPSA) is 106 Å². The zero-order valence-corrected chi connectivity index (χ0v) is 19.8. The minimum absolute atomic E-state index is 0.0745. The maximum absolute atomic E-state index is 13.2. The highest BCUT2D eigenvalue weighted by Crippen LogP contribution is 2.44. The van der Waals surface area contributed by atoms with Gasteiger partial charge in [-0.25, -0.2) is 9.78 Å². The van der Waals surface area contributed by atoms with E-state index in [2.05, 4.69) is 4.98 Å². The van der Waals surface area contributed by atoms with Crippen molar-refractivity contribution in [2.75, 3.05) is 19.1 Å². The molecule has 0 aliphatic carbocycles. The van der Waals surface area contributed by atoms with Crippen LogP contribution in [0.2, 0.25) is 0 Å². The molecule has 34 heavy (non-hydrogen) atoms. The number of hydrogen-bond donors (Lipinski definition) is 1. The van der Waals surface area contributed by atoms with Crippen LogP contribution in [-0.4, -0.2) is 42.0 Å². The summed E-state index contributed by atoms with van der Waals surface area (Å²) in [6.45, 7) is 3.55. The summed E-state index contributed by atoms with van der Waals surface area (Å²) >= 11 is 0.955. The fraction of sp³-hybridized carbons (Fsp3) is 0.200. The number of anilines is 1. The van der Waals surface area contributed by atoms with Crippen LogP contribution in [0.15, 0.2) is 54.1 Å². The third-order valence-electron chi connectivity index (χ3n) is 5.54. The van der Waals surface area contributed by atoms with E-state index in [9.17, 15) is 19.5 Å². The molecule has 1 amide bonds. The number of ether oxygens (including phenoxy) is 2. The number of benzene rings is 2. The van der Waals surface area contributed by atoms with Crippen LogP contribution >= 0.6 is 11.3 Å². The van der Waals surface area contributed by atoms with Gasteiger partial charge in [0.05, 0.1) is 31.5 Å². The number of methoxy groups -OCH3 is 2. The molecular formula is C25H22N2O6S. The zero-order chi connectivity index (χ0) is 24.6. The number of carbonyl (C=O) groups excluding carboxylic acids is 3. The van der Waals surface area contributed by atoms with Crippen molar-refractivity contribution in [1.82, 2.24) is 4.98 Å². The molecule has 2 aromatic carbocycles. The van der Waals surface area contributed by atoms with Crippen molar-refractivity contribution in [2.45, 2.75) is 19.9 Å². The van der Waals surface area contributed by atoms with Crippen LogP contribution in [-0.2, 0) is 14.3 Å². The zero-order valence-electron chi connectivity index (χ0n) is 19.0. The molecule has 0 radical (unpaired) electrons. The Kier molecular flexibility index (Phi) is 6.21. The second-order valence-electron chi connectivity index (χ2n) is 7.71. The Morgan fingerprint density at radius 3 is 2.44 bits per heavy atom. The molecular weight excluding hydrogens is 456 g/mol. The third kappa shape index (κ3) is 3.94. The van der Waals surface area contributed by atoms with Crippen LogP contribution in [0.4, 0.5) is 5.13 Å². The average Bonchev–Trinajstić information content (AvgIpc) is 3.35. The largest absolute Gasteiger partial charge is 0.507 e.